The van der Waals surface area contributed by atoms with Crippen LogP contribution < -0.4 is 0 Å². The normalized spacial score (nSPS) is 13.6. The van der Waals surface area contributed by atoms with Gasteiger partial charge in [-0.25, -0.2) is 4.98 Å². The van der Waals surface area contributed by atoms with E-state index in [1.165, 1.54) is 0 Å². The number of alkyl halides is 1. The zero-order valence-electron chi connectivity index (χ0n) is 9.54. The van der Waals surface area contributed by atoms with Gasteiger partial charge in [0.1, 0.15) is 5.82 Å². The predicted molar refractivity (Wildman–Crippen MR) is 69.4 cm³/mol. The highest BCUT2D eigenvalue weighted by molar-refractivity contribution is 6.31. The van der Waals surface area contributed by atoms with E-state index in [4.69, 9.17) is 23.2 Å². The minimum atomic E-state index is -0.103. The Morgan fingerprint density at radius 1 is 1.25 bits per heavy atom. The van der Waals surface area contributed by atoms with Crippen LogP contribution in [-0.4, -0.2) is 9.55 Å². The Labute approximate surface area is 105 Å². The molecule has 0 aliphatic carbocycles. The standard InChI is InChI=1S/C12H14Cl2N2/c1-7(2)16-11-5-4-9(14)6-10(11)15-12(16)8(3)13/h4-8H,1-3H3/t8-/m0/s1. The molecule has 0 bridgehead atoms. The van der Waals surface area contributed by atoms with Crippen molar-refractivity contribution in [3.05, 3.63) is 29.0 Å². The van der Waals surface area contributed by atoms with Crippen molar-refractivity contribution in [1.82, 2.24) is 9.55 Å². The van der Waals surface area contributed by atoms with E-state index >= 15 is 0 Å². The summed E-state index contributed by atoms with van der Waals surface area (Å²) in [4.78, 5) is 4.54. The van der Waals surface area contributed by atoms with E-state index in [2.05, 4.69) is 23.4 Å². The maximum atomic E-state index is 6.15. The first kappa shape index (κ1) is 11.7. The van der Waals surface area contributed by atoms with E-state index < -0.39 is 0 Å². The number of hydrogen-bond acceptors (Lipinski definition) is 1. The van der Waals surface area contributed by atoms with E-state index in [0.717, 1.165) is 16.9 Å². The number of fused-ring (bicyclic) bond motifs is 1. The van der Waals surface area contributed by atoms with Gasteiger partial charge in [-0.15, -0.1) is 11.6 Å². The molecular weight excluding hydrogens is 243 g/mol. The minimum Gasteiger partial charge on any atom is -0.324 e. The second-order valence-electron chi connectivity index (χ2n) is 4.18. The third-order valence-corrected chi connectivity index (χ3v) is 2.98. The Morgan fingerprint density at radius 3 is 2.50 bits per heavy atom. The molecule has 1 aromatic heterocycles. The fourth-order valence-corrected chi connectivity index (χ4v) is 2.23. The lowest BCUT2D eigenvalue weighted by atomic mass is 10.3. The fraction of sp³-hybridized carbons (Fsp3) is 0.417. The molecule has 1 heterocycles. The highest BCUT2D eigenvalue weighted by Crippen LogP contribution is 2.29. The zero-order valence-corrected chi connectivity index (χ0v) is 11.0. The maximum absolute atomic E-state index is 6.15. The van der Waals surface area contributed by atoms with Gasteiger partial charge in [0.05, 0.1) is 16.4 Å². The van der Waals surface area contributed by atoms with Crippen molar-refractivity contribution in [2.24, 2.45) is 0 Å². The second kappa shape index (κ2) is 4.27. The SMILES string of the molecule is CC(C)n1c([C@H](C)Cl)nc2cc(Cl)ccc21. The zero-order chi connectivity index (χ0) is 11.9. The van der Waals surface area contributed by atoms with Gasteiger partial charge in [-0.2, -0.15) is 0 Å². The van der Waals surface area contributed by atoms with Crippen molar-refractivity contribution < 1.29 is 0 Å². The number of benzene rings is 1. The Kier molecular flexibility index (Phi) is 3.13. The first-order chi connectivity index (χ1) is 7.50. The number of rotatable bonds is 2. The first-order valence-electron chi connectivity index (χ1n) is 5.32. The Hall–Kier alpha value is -0.730. The number of nitrogens with zero attached hydrogens (tertiary/aromatic N) is 2. The summed E-state index contributed by atoms with van der Waals surface area (Å²) in [5.41, 5.74) is 1.99. The number of halogens is 2. The maximum Gasteiger partial charge on any atom is 0.127 e. The van der Waals surface area contributed by atoms with Crippen LogP contribution in [0.2, 0.25) is 5.02 Å². The summed E-state index contributed by atoms with van der Waals surface area (Å²) in [5.74, 6) is 0.897. The molecule has 0 saturated carbocycles. The van der Waals surface area contributed by atoms with Crippen molar-refractivity contribution in [1.29, 1.82) is 0 Å². The smallest absolute Gasteiger partial charge is 0.127 e. The quantitative estimate of drug-likeness (QED) is 0.720. The van der Waals surface area contributed by atoms with Crippen LogP contribution in [0, 0.1) is 0 Å². The Morgan fingerprint density at radius 2 is 1.94 bits per heavy atom. The van der Waals surface area contributed by atoms with Crippen LogP contribution in [-0.2, 0) is 0 Å². The lowest BCUT2D eigenvalue weighted by Crippen LogP contribution is -2.06. The van der Waals surface area contributed by atoms with Gasteiger partial charge >= 0.3 is 0 Å². The van der Waals surface area contributed by atoms with Crippen molar-refractivity contribution in [3.8, 4) is 0 Å². The average Bonchev–Trinajstić information content (AvgIpc) is 2.55. The molecule has 0 unspecified atom stereocenters. The molecule has 0 aliphatic heterocycles. The molecule has 0 saturated heterocycles. The van der Waals surface area contributed by atoms with Gasteiger partial charge in [-0.1, -0.05) is 11.6 Å². The van der Waals surface area contributed by atoms with E-state index in [1.54, 1.807) is 0 Å². The average molecular weight is 257 g/mol. The topological polar surface area (TPSA) is 17.8 Å². The van der Waals surface area contributed by atoms with Gasteiger partial charge < -0.3 is 4.57 Å². The summed E-state index contributed by atoms with van der Waals surface area (Å²) in [6, 6.07) is 6.08. The van der Waals surface area contributed by atoms with Gasteiger partial charge in [0.15, 0.2) is 0 Å². The molecule has 16 heavy (non-hydrogen) atoms. The summed E-state index contributed by atoms with van der Waals surface area (Å²) < 4.78 is 2.16. The lowest BCUT2D eigenvalue weighted by Gasteiger charge is -2.13. The van der Waals surface area contributed by atoms with Crippen molar-refractivity contribution in [2.45, 2.75) is 32.2 Å². The molecule has 86 valence electrons. The summed E-state index contributed by atoms with van der Waals surface area (Å²) in [5, 5.41) is 0.600. The van der Waals surface area contributed by atoms with Crippen LogP contribution in [0.3, 0.4) is 0 Å². The van der Waals surface area contributed by atoms with E-state index in [-0.39, 0.29) is 5.38 Å². The van der Waals surface area contributed by atoms with Crippen LogP contribution in [0.5, 0.6) is 0 Å². The number of aromatic nitrogens is 2. The number of hydrogen-bond donors (Lipinski definition) is 0. The van der Waals surface area contributed by atoms with Crippen LogP contribution in [0.4, 0.5) is 0 Å². The number of imidazole rings is 1. The fourth-order valence-electron chi connectivity index (χ4n) is 1.91. The molecule has 0 fully saturated rings. The van der Waals surface area contributed by atoms with Gasteiger partial charge in [-0.3, -0.25) is 0 Å². The third-order valence-electron chi connectivity index (χ3n) is 2.55. The molecule has 0 N–H and O–H groups in total. The van der Waals surface area contributed by atoms with E-state index in [0.29, 0.717) is 11.1 Å². The summed E-state index contributed by atoms with van der Waals surface area (Å²) in [6.07, 6.45) is 0. The monoisotopic (exact) mass is 256 g/mol. The van der Waals surface area contributed by atoms with Gasteiger partial charge in [0, 0.05) is 11.1 Å². The summed E-state index contributed by atoms with van der Waals surface area (Å²) in [6.45, 7) is 6.18. The Balaban J connectivity index is 2.75. The highest BCUT2D eigenvalue weighted by atomic mass is 35.5. The van der Waals surface area contributed by atoms with E-state index in [1.807, 2.05) is 25.1 Å². The van der Waals surface area contributed by atoms with Crippen molar-refractivity contribution in [2.75, 3.05) is 0 Å². The van der Waals surface area contributed by atoms with Crippen LogP contribution in [0.25, 0.3) is 11.0 Å². The first-order valence-corrected chi connectivity index (χ1v) is 6.13. The molecule has 0 radical (unpaired) electrons. The molecule has 1 aromatic carbocycles. The molecule has 0 amide bonds. The molecule has 2 rings (SSSR count). The molecule has 0 spiro atoms. The lowest BCUT2D eigenvalue weighted by molar-refractivity contribution is 0.584. The van der Waals surface area contributed by atoms with Crippen molar-refractivity contribution in [3.63, 3.8) is 0 Å². The predicted octanol–water partition coefficient (Wildman–Crippen LogP) is 4.57. The molecular formula is C12H14Cl2N2. The minimum absolute atomic E-state index is 0.103. The molecule has 0 aliphatic rings. The summed E-state index contributed by atoms with van der Waals surface area (Å²) in [7, 11) is 0. The highest BCUT2D eigenvalue weighted by Gasteiger charge is 2.16. The molecule has 1 atom stereocenters. The van der Waals surface area contributed by atoms with Crippen LogP contribution >= 0.6 is 23.2 Å². The third kappa shape index (κ3) is 1.92. The van der Waals surface area contributed by atoms with Crippen LogP contribution in [0.15, 0.2) is 18.2 Å². The largest absolute Gasteiger partial charge is 0.324 e. The van der Waals surface area contributed by atoms with Gasteiger partial charge in [0.2, 0.25) is 0 Å². The molecule has 4 heteroatoms. The van der Waals surface area contributed by atoms with Crippen LogP contribution in [0.1, 0.15) is 38.0 Å². The van der Waals surface area contributed by atoms with Gasteiger partial charge in [-0.05, 0) is 39.0 Å². The summed E-state index contributed by atoms with van der Waals surface area (Å²) >= 11 is 12.1. The molecule has 2 nitrogen and oxygen atoms in total. The van der Waals surface area contributed by atoms with Gasteiger partial charge in [0.25, 0.3) is 0 Å². The van der Waals surface area contributed by atoms with Crippen molar-refractivity contribution >= 4 is 34.2 Å². The van der Waals surface area contributed by atoms with E-state index in [9.17, 15) is 0 Å². The molecule has 2 aromatic rings. The second-order valence-corrected chi connectivity index (χ2v) is 5.27. The Bertz CT molecular complexity index is 515.